The molecule has 2 heteroatoms. The molecule has 0 fully saturated rings. The monoisotopic (exact) mass is 283 g/mol. The number of rotatable bonds is 7. The summed E-state index contributed by atoms with van der Waals surface area (Å²) in [6, 6.07) is 21.2. The van der Waals surface area contributed by atoms with Crippen molar-refractivity contribution in [2.45, 2.75) is 26.3 Å². The van der Waals surface area contributed by atoms with Crippen molar-refractivity contribution >= 4 is 0 Å². The summed E-state index contributed by atoms with van der Waals surface area (Å²) >= 11 is 0. The van der Waals surface area contributed by atoms with Crippen LogP contribution in [0.15, 0.2) is 60.7 Å². The number of benzene rings is 2. The third-order valence-electron chi connectivity index (χ3n) is 3.84. The highest BCUT2D eigenvalue weighted by atomic mass is 16.3. The molecule has 0 saturated heterocycles. The van der Waals surface area contributed by atoms with E-state index in [1.807, 2.05) is 12.1 Å². The summed E-state index contributed by atoms with van der Waals surface area (Å²) in [4.78, 5) is 0. The molecule has 0 aromatic heterocycles. The molecule has 112 valence electrons. The molecule has 0 bridgehead atoms. The lowest BCUT2D eigenvalue weighted by atomic mass is 9.88. The lowest BCUT2D eigenvalue weighted by Crippen LogP contribution is -2.33. The first-order valence-corrected chi connectivity index (χ1v) is 7.56. The van der Waals surface area contributed by atoms with Crippen LogP contribution in [0.3, 0.4) is 0 Å². The molecule has 2 nitrogen and oxygen atoms in total. The van der Waals surface area contributed by atoms with Crippen molar-refractivity contribution in [3.8, 4) is 0 Å². The van der Waals surface area contributed by atoms with Crippen LogP contribution in [0.5, 0.6) is 0 Å². The minimum absolute atomic E-state index is 0.0799. The van der Waals surface area contributed by atoms with Gasteiger partial charge in [-0.05, 0) is 23.0 Å². The molecule has 2 N–H and O–H groups in total. The maximum atomic E-state index is 9.17. The predicted octanol–water partition coefficient (Wildman–Crippen LogP) is 3.77. The van der Waals surface area contributed by atoms with E-state index in [2.05, 4.69) is 67.7 Å². The fraction of sp³-hybridized carbons (Fsp3) is 0.368. The van der Waals surface area contributed by atoms with E-state index in [-0.39, 0.29) is 18.1 Å². The second-order valence-electron chi connectivity index (χ2n) is 6.27. The average molecular weight is 283 g/mol. The summed E-state index contributed by atoms with van der Waals surface area (Å²) in [5, 5.41) is 12.8. The van der Waals surface area contributed by atoms with Crippen molar-refractivity contribution < 1.29 is 5.11 Å². The molecule has 2 aromatic rings. The second kappa shape index (κ2) is 7.39. The number of hydrogen-bond donors (Lipinski definition) is 2. The van der Waals surface area contributed by atoms with Gasteiger partial charge in [-0.3, -0.25) is 0 Å². The Morgan fingerprint density at radius 1 is 0.905 bits per heavy atom. The van der Waals surface area contributed by atoms with Crippen LogP contribution >= 0.6 is 0 Å². The highest BCUT2D eigenvalue weighted by Gasteiger charge is 2.20. The van der Waals surface area contributed by atoms with Crippen LogP contribution in [0.1, 0.15) is 37.4 Å². The molecule has 0 aliphatic carbocycles. The van der Waals surface area contributed by atoms with Crippen LogP contribution < -0.4 is 5.32 Å². The number of nitrogens with one attached hydrogen (secondary N) is 1. The van der Waals surface area contributed by atoms with Crippen LogP contribution in [-0.4, -0.2) is 18.3 Å². The van der Waals surface area contributed by atoms with E-state index in [0.717, 1.165) is 13.0 Å². The van der Waals surface area contributed by atoms with E-state index in [1.165, 1.54) is 11.1 Å². The topological polar surface area (TPSA) is 32.3 Å². The molecular formula is C19H25NO. The molecule has 0 heterocycles. The molecule has 2 aromatic carbocycles. The summed E-state index contributed by atoms with van der Waals surface area (Å²) in [6.45, 7) is 5.46. The lowest BCUT2D eigenvalue weighted by Gasteiger charge is -2.28. The molecule has 0 radical (unpaired) electrons. The average Bonchev–Trinajstić information content (AvgIpc) is 2.49. The van der Waals surface area contributed by atoms with E-state index in [4.69, 9.17) is 0 Å². The summed E-state index contributed by atoms with van der Waals surface area (Å²) in [5.74, 6) is 0. The summed E-state index contributed by atoms with van der Waals surface area (Å²) in [5.41, 5.74) is 2.61. The molecule has 0 amide bonds. The zero-order chi connectivity index (χ0) is 15.1. The van der Waals surface area contributed by atoms with Gasteiger partial charge in [0.15, 0.2) is 0 Å². The molecule has 0 aliphatic rings. The van der Waals surface area contributed by atoms with Gasteiger partial charge < -0.3 is 10.4 Å². The zero-order valence-corrected chi connectivity index (χ0v) is 12.9. The molecular weight excluding hydrogens is 258 g/mol. The van der Waals surface area contributed by atoms with Crippen LogP contribution in [0.4, 0.5) is 0 Å². The minimum atomic E-state index is 0.0799. The first kappa shape index (κ1) is 15.7. The molecule has 2 rings (SSSR count). The van der Waals surface area contributed by atoms with Crippen LogP contribution in [-0.2, 0) is 0 Å². The van der Waals surface area contributed by atoms with Gasteiger partial charge in [0.2, 0.25) is 0 Å². The number of aliphatic hydroxyl groups excluding tert-OH is 1. The van der Waals surface area contributed by atoms with Crippen LogP contribution in [0.2, 0.25) is 0 Å². The maximum Gasteiger partial charge on any atom is 0.0576 e. The molecule has 0 aliphatic heterocycles. The molecule has 0 saturated carbocycles. The highest BCUT2D eigenvalue weighted by Crippen LogP contribution is 2.25. The van der Waals surface area contributed by atoms with Crippen molar-refractivity contribution in [3.63, 3.8) is 0 Å². The van der Waals surface area contributed by atoms with Crippen molar-refractivity contribution in [1.29, 1.82) is 0 Å². The van der Waals surface area contributed by atoms with E-state index in [1.54, 1.807) is 0 Å². The van der Waals surface area contributed by atoms with E-state index in [0.29, 0.717) is 0 Å². The maximum absolute atomic E-state index is 9.17. The van der Waals surface area contributed by atoms with Gasteiger partial charge >= 0.3 is 0 Å². The third kappa shape index (κ3) is 4.69. The Morgan fingerprint density at radius 3 is 1.81 bits per heavy atom. The summed E-state index contributed by atoms with van der Waals surface area (Å²) in [6.07, 6.45) is 0.802. The molecule has 21 heavy (non-hydrogen) atoms. The van der Waals surface area contributed by atoms with E-state index >= 15 is 0 Å². The van der Waals surface area contributed by atoms with Gasteiger partial charge in [0.25, 0.3) is 0 Å². The van der Waals surface area contributed by atoms with Gasteiger partial charge in [-0.1, -0.05) is 74.5 Å². The third-order valence-corrected chi connectivity index (χ3v) is 3.84. The van der Waals surface area contributed by atoms with E-state index < -0.39 is 0 Å². The van der Waals surface area contributed by atoms with Crippen molar-refractivity contribution in [2.24, 2.45) is 5.41 Å². The fourth-order valence-electron chi connectivity index (χ4n) is 2.49. The molecule has 0 unspecified atom stereocenters. The number of hydrogen-bond acceptors (Lipinski definition) is 2. The fourth-order valence-corrected chi connectivity index (χ4v) is 2.49. The first-order valence-electron chi connectivity index (χ1n) is 7.56. The Kier molecular flexibility index (Phi) is 5.54. The minimum Gasteiger partial charge on any atom is -0.396 e. The van der Waals surface area contributed by atoms with Gasteiger partial charge in [0, 0.05) is 13.2 Å². The van der Waals surface area contributed by atoms with Crippen molar-refractivity contribution in [3.05, 3.63) is 71.8 Å². The molecule has 0 spiro atoms. The SMILES string of the molecule is CC(C)(CCO)CNC(c1ccccc1)c1ccccc1. The van der Waals surface area contributed by atoms with Gasteiger partial charge in [-0.2, -0.15) is 0 Å². The van der Waals surface area contributed by atoms with Crippen molar-refractivity contribution in [1.82, 2.24) is 5.32 Å². The largest absolute Gasteiger partial charge is 0.396 e. The Hall–Kier alpha value is -1.64. The van der Waals surface area contributed by atoms with E-state index in [9.17, 15) is 5.11 Å². The van der Waals surface area contributed by atoms with Crippen LogP contribution in [0.25, 0.3) is 0 Å². The Labute approximate surface area is 127 Å². The van der Waals surface area contributed by atoms with Gasteiger partial charge in [-0.25, -0.2) is 0 Å². The quantitative estimate of drug-likeness (QED) is 0.810. The summed E-state index contributed by atoms with van der Waals surface area (Å²) in [7, 11) is 0. The standard InChI is InChI=1S/C19H25NO/c1-19(2,13-14-21)15-20-18(16-9-5-3-6-10-16)17-11-7-4-8-12-17/h3-12,18,20-21H,13-15H2,1-2H3. The Bertz CT molecular complexity index is 482. The predicted molar refractivity (Wildman–Crippen MR) is 88.2 cm³/mol. The van der Waals surface area contributed by atoms with Gasteiger partial charge in [-0.15, -0.1) is 0 Å². The number of aliphatic hydroxyl groups is 1. The highest BCUT2D eigenvalue weighted by molar-refractivity contribution is 5.31. The Balaban J connectivity index is 2.18. The van der Waals surface area contributed by atoms with Crippen LogP contribution in [0, 0.1) is 5.41 Å². The first-order chi connectivity index (χ1) is 10.1. The lowest BCUT2D eigenvalue weighted by molar-refractivity contribution is 0.205. The van der Waals surface area contributed by atoms with Crippen molar-refractivity contribution in [2.75, 3.05) is 13.2 Å². The van der Waals surface area contributed by atoms with Gasteiger partial charge in [0.1, 0.15) is 0 Å². The summed E-state index contributed by atoms with van der Waals surface area (Å²) < 4.78 is 0. The second-order valence-corrected chi connectivity index (χ2v) is 6.27. The zero-order valence-electron chi connectivity index (χ0n) is 12.9. The normalized spacial score (nSPS) is 11.8. The smallest absolute Gasteiger partial charge is 0.0576 e. The molecule has 0 atom stereocenters. The Morgan fingerprint density at radius 2 is 1.38 bits per heavy atom. The van der Waals surface area contributed by atoms with Gasteiger partial charge in [0.05, 0.1) is 6.04 Å².